The van der Waals surface area contributed by atoms with Crippen molar-refractivity contribution in [2.75, 3.05) is 47.8 Å². The van der Waals surface area contributed by atoms with Crippen molar-refractivity contribution in [2.24, 2.45) is 0 Å². The average Bonchev–Trinajstić information content (AvgIpc) is 1.58. The standard InChI is InChI=1S/2C28H25N.2C27H21N/c1-28(2)26-15-8-7-14-24(26)25-17-16-23(19-27(25)28)29(3)22-13-9-12-21(18-22)20-10-5-4-6-11-20;1-28(2)26-12-8-7-11-24(26)25-18-17-23(19-27(25)28)29(3)22-15-13-21(14-16-22)20-9-5-4-6-10-20;1-28(24-12-7-11-22(18-24)20-8-3-2-4-9-20)25-16-17-27-23(19-25)15-14-21-10-5-6-13-26(21)27;1-28(24-15-13-21(14-16-24)20-7-3-2-4-8-20)25-17-18-27-23(19-25)12-11-22-9-5-6-10-26(22)27/h2*4-19H,1-3H3;2*2-19H,1H3. The SMILES string of the molecule is CN(c1ccc(-c2ccccc2)cc1)c1ccc2c(c1)C(C)(C)c1ccccc1-2.CN(c1ccc(-c2ccccc2)cc1)c1ccc2c(ccc3ccccc32)c1.CN(c1cccc(-c2ccccc2)c1)c1ccc2c(c1)C(C)(C)c1ccccc1-2.CN(c1cccc(-c2ccccc2)c1)c1ccc2c(ccc3ccccc32)c1. The highest BCUT2D eigenvalue weighted by Gasteiger charge is 2.37. The van der Waals surface area contributed by atoms with Crippen molar-refractivity contribution in [3.8, 4) is 66.8 Å². The lowest BCUT2D eigenvalue weighted by Gasteiger charge is -2.25. The van der Waals surface area contributed by atoms with E-state index in [9.17, 15) is 0 Å². The summed E-state index contributed by atoms with van der Waals surface area (Å²) in [5, 5.41) is 10.3. The van der Waals surface area contributed by atoms with Crippen molar-refractivity contribution in [3.63, 3.8) is 0 Å². The van der Waals surface area contributed by atoms with Crippen LogP contribution in [0.15, 0.2) is 413 Å². The van der Waals surface area contributed by atoms with Crippen LogP contribution in [0, 0.1) is 0 Å². The summed E-state index contributed by atoms with van der Waals surface area (Å²) in [7, 11) is 8.56. The second kappa shape index (κ2) is 31.5. The predicted octanol–water partition coefficient (Wildman–Crippen LogP) is 29.7. The van der Waals surface area contributed by atoms with Crippen molar-refractivity contribution in [1.82, 2.24) is 0 Å². The van der Waals surface area contributed by atoms with Crippen molar-refractivity contribution in [2.45, 2.75) is 38.5 Å². The van der Waals surface area contributed by atoms with Gasteiger partial charge in [0.1, 0.15) is 0 Å². The average molecular weight is 1470 g/mol. The van der Waals surface area contributed by atoms with Crippen LogP contribution < -0.4 is 19.6 Å². The van der Waals surface area contributed by atoms with Crippen LogP contribution in [0.25, 0.3) is 110 Å². The fourth-order valence-electron chi connectivity index (χ4n) is 16.9. The fraction of sp³-hybridized carbons (Fsp3) is 0.0909. The molecule has 0 radical (unpaired) electrons. The Hall–Kier alpha value is -13.8. The molecule has 2 aliphatic rings. The zero-order valence-corrected chi connectivity index (χ0v) is 66.0. The van der Waals surface area contributed by atoms with Gasteiger partial charge in [-0.3, -0.25) is 0 Å². The molecule has 0 atom stereocenters. The first-order valence-electron chi connectivity index (χ1n) is 39.6. The molecule has 0 bridgehead atoms. The van der Waals surface area contributed by atoms with Gasteiger partial charge in [0, 0.05) is 84.5 Å². The van der Waals surface area contributed by atoms with Gasteiger partial charge in [-0.15, -0.1) is 0 Å². The highest BCUT2D eigenvalue weighted by molar-refractivity contribution is 6.09. The molecule has 4 heteroatoms. The Bertz CT molecular complexity index is 6470. The van der Waals surface area contributed by atoms with Crippen molar-refractivity contribution in [3.05, 3.63) is 435 Å². The summed E-state index contributed by atoms with van der Waals surface area (Å²) in [6, 6.07) is 148. The molecule has 0 N–H and O–H groups in total. The van der Waals surface area contributed by atoms with Crippen molar-refractivity contribution < 1.29 is 0 Å². The van der Waals surface area contributed by atoms with Crippen LogP contribution in [0.4, 0.5) is 45.5 Å². The Morgan fingerprint density at radius 2 is 0.412 bits per heavy atom. The van der Waals surface area contributed by atoms with Gasteiger partial charge < -0.3 is 19.6 Å². The summed E-state index contributed by atoms with van der Waals surface area (Å²) in [5.74, 6) is 0. The normalized spacial score (nSPS) is 12.4. The highest BCUT2D eigenvalue weighted by atomic mass is 15.1. The Balaban J connectivity index is 0.000000110. The maximum atomic E-state index is 2.37. The zero-order valence-electron chi connectivity index (χ0n) is 66.0. The summed E-state index contributed by atoms with van der Waals surface area (Å²) in [4.78, 5) is 9.05. The number of hydrogen-bond donors (Lipinski definition) is 0. The van der Waals surface area contributed by atoms with Gasteiger partial charge in [-0.1, -0.05) is 343 Å². The molecule has 0 amide bonds. The van der Waals surface area contributed by atoms with E-state index < -0.39 is 0 Å². The van der Waals surface area contributed by atoms with E-state index in [1.54, 1.807) is 0 Å². The van der Waals surface area contributed by atoms with Gasteiger partial charge in [0.2, 0.25) is 0 Å². The molecule has 114 heavy (non-hydrogen) atoms. The zero-order chi connectivity index (χ0) is 77.9. The number of nitrogens with zero attached hydrogens (tertiary/aromatic N) is 4. The molecule has 552 valence electrons. The molecule has 0 aromatic heterocycles. The Morgan fingerprint density at radius 1 is 0.158 bits per heavy atom. The van der Waals surface area contributed by atoms with Crippen molar-refractivity contribution >= 4 is 88.6 Å². The third-order valence-electron chi connectivity index (χ3n) is 23.5. The van der Waals surface area contributed by atoms with E-state index in [0.717, 1.165) is 0 Å². The van der Waals surface area contributed by atoms with Gasteiger partial charge in [0.05, 0.1) is 0 Å². The lowest BCUT2D eigenvalue weighted by molar-refractivity contribution is 0.660. The van der Waals surface area contributed by atoms with Gasteiger partial charge in [-0.25, -0.2) is 0 Å². The van der Waals surface area contributed by atoms with E-state index in [-0.39, 0.29) is 10.8 Å². The lowest BCUT2D eigenvalue weighted by atomic mass is 9.82. The van der Waals surface area contributed by atoms with E-state index in [2.05, 4.69) is 488 Å². The molecule has 18 aromatic rings. The third kappa shape index (κ3) is 14.6. The summed E-state index contributed by atoms with van der Waals surface area (Å²) in [5.41, 5.74) is 30.7. The minimum absolute atomic E-state index is 0.0225. The predicted molar refractivity (Wildman–Crippen MR) is 491 cm³/mol. The first-order valence-corrected chi connectivity index (χ1v) is 39.6. The molecule has 0 unspecified atom stereocenters. The molecule has 0 saturated carbocycles. The van der Waals surface area contributed by atoms with Gasteiger partial charge in [0.25, 0.3) is 0 Å². The van der Waals surface area contributed by atoms with Crippen molar-refractivity contribution in [1.29, 1.82) is 0 Å². The summed E-state index contributed by atoms with van der Waals surface area (Å²) in [6.45, 7) is 9.32. The smallest absolute Gasteiger partial charge is 0.0414 e. The molecule has 18 aromatic carbocycles. The number of hydrogen-bond acceptors (Lipinski definition) is 4. The molecule has 0 spiro atoms. The molecular formula is C110H92N4. The Labute approximate surface area is 672 Å². The summed E-state index contributed by atoms with van der Waals surface area (Å²) < 4.78 is 0. The number of rotatable bonds is 12. The largest absolute Gasteiger partial charge is 0.345 e. The Morgan fingerprint density at radius 3 is 0.798 bits per heavy atom. The second-order valence-corrected chi connectivity index (χ2v) is 31.1. The minimum atomic E-state index is 0.0225. The molecule has 0 heterocycles. The van der Waals surface area contributed by atoms with E-state index in [4.69, 9.17) is 0 Å². The summed E-state index contributed by atoms with van der Waals surface area (Å²) >= 11 is 0. The molecule has 2 aliphatic carbocycles. The number of fused-ring (bicyclic) bond motifs is 12. The van der Waals surface area contributed by atoms with E-state index in [1.165, 1.54) is 178 Å². The molecule has 4 nitrogen and oxygen atoms in total. The molecule has 0 saturated heterocycles. The summed E-state index contributed by atoms with van der Waals surface area (Å²) in [6.07, 6.45) is 0. The monoisotopic (exact) mass is 1470 g/mol. The van der Waals surface area contributed by atoms with Crippen LogP contribution in [0.5, 0.6) is 0 Å². The number of anilines is 8. The quantitative estimate of drug-likeness (QED) is 0.113. The molecular weight excluding hydrogens is 1380 g/mol. The lowest BCUT2D eigenvalue weighted by Crippen LogP contribution is -2.16. The topological polar surface area (TPSA) is 13.0 Å². The second-order valence-electron chi connectivity index (χ2n) is 31.1. The van der Waals surface area contributed by atoms with Crippen LogP contribution in [-0.4, -0.2) is 28.2 Å². The van der Waals surface area contributed by atoms with Gasteiger partial charge >= 0.3 is 0 Å². The highest BCUT2D eigenvalue weighted by Crippen LogP contribution is 2.52. The molecule has 20 rings (SSSR count). The van der Waals surface area contributed by atoms with Gasteiger partial charge in [-0.2, -0.15) is 0 Å². The first kappa shape index (κ1) is 73.0. The maximum absolute atomic E-state index is 2.37. The van der Waals surface area contributed by atoms with Gasteiger partial charge in [-0.05, 0) is 229 Å². The molecule has 0 aliphatic heterocycles. The van der Waals surface area contributed by atoms with E-state index >= 15 is 0 Å². The van der Waals surface area contributed by atoms with E-state index in [0.29, 0.717) is 0 Å². The first-order chi connectivity index (χ1) is 55.7. The van der Waals surface area contributed by atoms with Gasteiger partial charge in [0.15, 0.2) is 0 Å². The number of benzene rings is 18. The fourth-order valence-corrected chi connectivity index (χ4v) is 16.9. The van der Waals surface area contributed by atoms with Crippen LogP contribution in [0.2, 0.25) is 0 Å². The van der Waals surface area contributed by atoms with E-state index in [1.807, 2.05) is 0 Å². The van der Waals surface area contributed by atoms with Crippen LogP contribution in [0.3, 0.4) is 0 Å². The third-order valence-corrected chi connectivity index (χ3v) is 23.5. The van der Waals surface area contributed by atoms with Crippen LogP contribution in [0.1, 0.15) is 49.9 Å². The van der Waals surface area contributed by atoms with Crippen LogP contribution >= 0.6 is 0 Å². The van der Waals surface area contributed by atoms with Crippen LogP contribution in [-0.2, 0) is 10.8 Å². The maximum Gasteiger partial charge on any atom is 0.0414 e. The Kier molecular flexibility index (Phi) is 20.2. The molecule has 0 fully saturated rings. The minimum Gasteiger partial charge on any atom is -0.345 e.